The van der Waals surface area contributed by atoms with Crippen molar-refractivity contribution < 1.29 is 9.53 Å². The van der Waals surface area contributed by atoms with Gasteiger partial charge in [-0.25, -0.2) is 0 Å². The second-order valence-corrected chi connectivity index (χ2v) is 5.29. The van der Waals surface area contributed by atoms with Gasteiger partial charge < -0.3 is 15.4 Å². The number of hydrogen-bond donors (Lipinski definition) is 2. The van der Waals surface area contributed by atoms with Gasteiger partial charge in [-0.2, -0.15) is 0 Å². The summed E-state index contributed by atoms with van der Waals surface area (Å²) in [5.41, 5.74) is 0.381. The number of amides is 1. The quantitative estimate of drug-likeness (QED) is 0.868. The van der Waals surface area contributed by atoms with Crippen molar-refractivity contribution in [3.8, 4) is 11.5 Å². The van der Waals surface area contributed by atoms with Gasteiger partial charge in [0.05, 0.1) is 0 Å². The first kappa shape index (κ1) is 20.2. The molecule has 0 bridgehead atoms. The van der Waals surface area contributed by atoms with Gasteiger partial charge in [-0.05, 0) is 44.1 Å². The minimum absolute atomic E-state index is 0. The molecule has 1 aromatic heterocycles. The number of carbonyl (C=O) groups is 1. The second kappa shape index (κ2) is 10.1. The third-order valence-electron chi connectivity index (χ3n) is 3.62. The Kier molecular flexibility index (Phi) is 8.54. The van der Waals surface area contributed by atoms with E-state index in [0.29, 0.717) is 11.4 Å². The average molecular weight is 370 g/mol. The molecule has 1 aromatic carbocycles. The molecule has 2 N–H and O–H groups in total. The fourth-order valence-electron chi connectivity index (χ4n) is 2.45. The average Bonchev–Trinajstić information content (AvgIpc) is 2.57. The first-order valence-electron chi connectivity index (χ1n) is 7.52. The minimum atomic E-state index is -0.148. The molecular formula is C17H21Cl2N3O2. The third kappa shape index (κ3) is 5.67. The number of nitrogens with zero attached hydrogens (tertiary/aromatic N) is 1. The monoisotopic (exact) mass is 369 g/mol. The number of aromatic nitrogens is 1. The van der Waals surface area contributed by atoms with E-state index in [-0.39, 0.29) is 36.8 Å². The summed E-state index contributed by atoms with van der Waals surface area (Å²) in [5, 5.41) is 6.31. The number of rotatable bonds is 4. The van der Waals surface area contributed by atoms with E-state index in [9.17, 15) is 4.79 Å². The van der Waals surface area contributed by atoms with Gasteiger partial charge in [0.15, 0.2) is 0 Å². The summed E-state index contributed by atoms with van der Waals surface area (Å²) in [6.07, 6.45) is 3.49. The highest BCUT2D eigenvalue weighted by molar-refractivity contribution is 5.92. The van der Waals surface area contributed by atoms with E-state index in [0.717, 1.165) is 31.7 Å². The van der Waals surface area contributed by atoms with Gasteiger partial charge >= 0.3 is 0 Å². The molecule has 24 heavy (non-hydrogen) atoms. The zero-order chi connectivity index (χ0) is 15.2. The molecule has 7 heteroatoms. The van der Waals surface area contributed by atoms with E-state index in [2.05, 4.69) is 15.6 Å². The van der Waals surface area contributed by atoms with Crippen LogP contribution >= 0.6 is 24.8 Å². The molecule has 1 aliphatic heterocycles. The number of hydrogen-bond acceptors (Lipinski definition) is 4. The summed E-state index contributed by atoms with van der Waals surface area (Å²) in [5.74, 6) is 1.19. The molecule has 0 atom stereocenters. The summed E-state index contributed by atoms with van der Waals surface area (Å²) in [4.78, 5) is 16.4. The van der Waals surface area contributed by atoms with E-state index < -0.39 is 0 Å². The molecule has 1 saturated heterocycles. The van der Waals surface area contributed by atoms with Gasteiger partial charge in [-0.3, -0.25) is 9.78 Å². The van der Waals surface area contributed by atoms with Crippen LogP contribution < -0.4 is 15.4 Å². The molecule has 0 unspecified atom stereocenters. The van der Waals surface area contributed by atoms with E-state index >= 15 is 0 Å². The smallest absolute Gasteiger partial charge is 0.270 e. The number of ether oxygens (including phenoxy) is 1. The molecule has 3 rings (SSSR count). The Balaban J connectivity index is 0.00000144. The van der Waals surface area contributed by atoms with Crippen LogP contribution in [-0.4, -0.2) is 30.0 Å². The predicted octanol–water partition coefficient (Wildman–Crippen LogP) is 3.20. The molecule has 1 fully saturated rings. The van der Waals surface area contributed by atoms with E-state index in [4.69, 9.17) is 4.74 Å². The highest BCUT2D eigenvalue weighted by Crippen LogP contribution is 2.20. The highest BCUT2D eigenvalue weighted by Gasteiger charge is 2.17. The fraction of sp³-hybridized carbons (Fsp3) is 0.294. The Morgan fingerprint density at radius 3 is 2.50 bits per heavy atom. The second-order valence-electron chi connectivity index (χ2n) is 5.29. The number of benzene rings is 1. The van der Waals surface area contributed by atoms with Crippen LogP contribution in [0.15, 0.2) is 48.7 Å². The van der Waals surface area contributed by atoms with Crippen molar-refractivity contribution in [1.82, 2.24) is 15.6 Å². The Bertz CT molecular complexity index is 635. The van der Waals surface area contributed by atoms with Gasteiger partial charge in [0, 0.05) is 18.3 Å². The Labute approximate surface area is 154 Å². The van der Waals surface area contributed by atoms with E-state index in [1.165, 1.54) is 0 Å². The number of para-hydroxylation sites is 1. The van der Waals surface area contributed by atoms with E-state index in [1.807, 2.05) is 30.3 Å². The van der Waals surface area contributed by atoms with Crippen LogP contribution in [0.3, 0.4) is 0 Å². The molecule has 130 valence electrons. The Morgan fingerprint density at radius 1 is 1.08 bits per heavy atom. The van der Waals surface area contributed by atoms with Crippen LogP contribution in [0.1, 0.15) is 23.3 Å². The van der Waals surface area contributed by atoms with Gasteiger partial charge in [0.1, 0.15) is 17.2 Å². The van der Waals surface area contributed by atoms with Crippen molar-refractivity contribution in [2.45, 2.75) is 18.9 Å². The van der Waals surface area contributed by atoms with E-state index in [1.54, 1.807) is 18.3 Å². The zero-order valence-corrected chi connectivity index (χ0v) is 14.7. The summed E-state index contributed by atoms with van der Waals surface area (Å²) < 4.78 is 5.73. The van der Waals surface area contributed by atoms with Gasteiger partial charge in [-0.15, -0.1) is 24.8 Å². The largest absolute Gasteiger partial charge is 0.457 e. The maximum atomic E-state index is 12.3. The van der Waals surface area contributed by atoms with Crippen molar-refractivity contribution in [2.24, 2.45) is 0 Å². The molecular weight excluding hydrogens is 349 g/mol. The lowest BCUT2D eigenvalue weighted by molar-refractivity contribution is 0.0924. The maximum Gasteiger partial charge on any atom is 0.270 e. The molecule has 2 heterocycles. The number of halogens is 2. The molecule has 5 nitrogen and oxygen atoms in total. The maximum absolute atomic E-state index is 12.3. The van der Waals surface area contributed by atoms with Crippen LogP contribution in [0.2, 0.25) is 0 Å². The topological polar surface area (TPSA) is 63.2 Å². The van der Waals surface area contributed by atoms with Crippen LogP contribution in [0, 0.1) is 0 Å². The van der Waals surface area contributed by atoms with Crippen LogP contribution in [-0.2, 0) is 0 Å². The molecule has 1 amide bonds. The summed E-state index contributed by atoms with van der Waals surface area (Å²) in [6, 6.07) is 13.1. The minimum Gasteiger partial charge on any atom is -0.457 e. The lowest BCUT2D eigenvalue weighted by Crippen LogP contribution is -2.42. The number of piperidine rings is 1. The predicted molar refractivity (Wildman–Crippen MR) is 98.6 cm³/mol. The summed E-state index contributed by atoms with van der Waals surface area (Å²) >= 11 is 0. The SMILES string of the molecule is Cl.Cl.O=C(NC1CCNCC1)c1cc(Oc2ccccc2)ccn1. The lowest BCUT2D eigenvalue weighted by atomic mass is 10.1. The molecule has 1 aliphatic rings. The zero-order valence-electron chi connectivity index (χ0n) is 13.1. The first-order chi connectivity index (χ1) is 10.8. The van der Waals surface area contributed by atoms with Crippen LogP contribution in [0.4, 0.5) is 0 Å². The number of nitrogens with one attached hydrogen (secondary N) is 2. The molecule has 0 radical (unpaired) electrons. The van der Waals surface area contributed by atoms with Gasteiger partial charge in [0.25, 0.3) is 5.91 Å². The standard InChI is InChI=1S/C17H19N3O2.2ClH/c21-17(20-13-6-9-18-10-7-13)16-12-15(8-11-19-16)22-14-4-2-1-3-5-14;;/h1-5,8,11-13,18H,6-7,9-10H2,(H,20,21);2*1H. The first-order valence-corrected chi connectivity index (χ1v) is 7.52. The third-order valence-corrected chi connectivity index (χ3v) is 3.62. The molecule has 2 aromatic rings. The molecule has 0 aliphatic carbocycles. The molecule has 0 spiro atoms. The molecule has 0 saturated carbocycles. The summed E-state index contributed by atoms with van der Waals surface area (Å²) in [6.45, 7) is 1.88. The number of pyridine rings is 1. The number of carbonyl (C=O) groups excluding carboxylic acids is 1. The Hall–Kier alpha value is -1.82. The van der Waals surface area contributed by atoms with Gasteiger partial charge in [-0.1, -0.05) is 18.2 Å². The van der Waals surface area contributed by atoms with Crippen molar-refractivity contribution in [2.75, 3.05) is 13.1 Å². The Morgan fingerprint density at radius 2 is 1.79 bits per heavy atom. The van der Waals surface area contributed by atoms with Crippen LogP contribution in [0.5, 0.6) is 11.5 Å². The normalized spacial score (nSPS) is 14.0. The lowest BCUT2D eigenvalue weighted by Gasteiger charge is -2.23. The van der Waals surface area contributed by atoms with Gasteiger partial charge in [0.2, 0.25) is 0 Å². The highest BCUT2D eigenvalue weighted by atomic mass is 35.5. The van der Waals surface area contributed by atoms with Crippen molar-refractivity contribution >= 4 is 30.7 Å². The van der Waals surface area contributed by atoms with Crippen molar-refractivity contribution in [3.63, 3.8) is 0 Å². The summed E-state index contributed by atoms with van der Waals surface area (Å²) in [7, 11) is 0. The van der Waals surface area contributed by atoms with Crippen molar-refractivity contribution in [1.29, 1.82) is 0 Å². The van der Waals surface area contributed by atoms with Crippen LogP contribution in [0.25, 0.3) is 0 Å². The van der Waals surface area contributed by atoms with Crippen molar-refractivity contribution in [3.05, 3.63) is 54.4 Å². The fourth-order valence-corrected chi connectivity index (χ4v) is 2.45.